The molecule has 1 fully saturated rings. The molecule has 1 aliphatic heterocycles. The van der Waals surface area contributed by atoms with Crippen LogP contribution in [0.3, 0.4) is 0 Å². The summed E-state index contributed by atoms with van der Waals surface area (Å²) < 4.78 is 37.4. The van der Waals surface area contributed by atoms with Gasteiger partial charge in [-0.3, -0.25) is 0 Å². The van der Waals surface area contributed by atoms with Gasteiger partial charge in [0.15, 0.2) is 0 Å². The van der Waals surface area contributed by atoms with Crippen molar-refractivity contribution in [2.75, 3.05) is 33.4 Å². The molecule has 0 saturated carbocycles. The summed E-state index contributed by atoms with van der Waals surface area (Å²) in [5.41, 5.74) is 5.72. The maximum absolute atomic E-state index is 12.7. The fourth-order valence-electron chi connectivity index (χ4n) is 2.61. The van der Waals surface area contributed by atoms with Crippen LogP contribution in [-0.4, -0.2) is 52.2 Å². The third-order valence-corrected chi connectivity index (χ3v) is 5.80. The minimum atomic E-state index is -3.49. The van der Waals surface area contributed by atoms with Crippen LogP contribution in [0.15, 0.2) is 29.2 Å². The van der Waals surface area contributed by atoms with E-state index < -0.39 is 10.0 Å². The quantitative estimate of drug-likeness (QED) is 0.761. The first kappa shape index (κ1) is 17.2. The van der Waals surface area contributed by atoms with E-state index in [4.69, 9.17) is 15.2 Å². The predicted molar refractivity (Wildman–Crippen MR) is 84.4 cm³/mol. The van der Waals surface area contributed by atoms with Crippen molar-refractivity contribution in [2.45, 2.75) is 30.2 Å². The van der Waals surface area contributed by atoms with Crippen molar-refractivity contribution in [3.8, 4) is 5.75 Å². The predicted octanol–water partition coefficient (Wildman–Crippen LogP) is 1.21. The summed E-state index contributed by atoms with van der Waals surface area (Å²) in [4.78, 5) is 0.284. The molecule has 0 spiro atoms. The second kappa shape index (κ2) is 7.92. The second-order valence-corrected chi connectivity index (χ2v) is 7.20. The first-order valence-electron chi connectivity index (χ1n) is 7.53. The Labute approximate surface area is 132 Å². The van der Waals surface area contributed by atoms with Crippen molar-refractivity contribution in [3.05, 3.63) is 24.3 Å². The summed E-state index contributed by atoms with van der Waals surface area (Å²) in [7, 11) is -1.89. The highest BCUT2D eigenvalue weighted by Crippen LogP contribution is 2.26. The van der Waals surface area contributed by atoms with E-state index in [1.807, 2.05) is 0 Å². The zero-order valence-corrected chi connectivity index (χ0v) is 13.7. The average Bonchev–Trinajstić information content (AvgIpc) is 2.55. The topological polar surface area (TPSA) is 81.9 Å². The van der Waals surface area contributed by atoms with Gasteiger partial charge in [-0.25, -0.2) is 8.42 Å². The van der Waals surface area contributed by atoms with Gasteiger partial charge in [-0.05, 0) is 37.1 Å². The number of nitrogens with two attached hydrogens (primary N) is 1. The van der Waals surface area contributed by atoms with Crippen molar-refractivity contribution >= 4 is 10.0 Å². The molecule has 1 aliphatic rings. The Morgan fingerprint density at radius 2 is 1.95 bits per heavy atom. The highest BCUT2D eigenvalue weighted by molar-refractivity contribution is 7.89. The number of benzene rings is 1. The van der Waals surface area contributed by atoms with Crippen LogP contribution in [0.25, 0.3) is 0 Å². The molecular weight excluding hydrogens is 304 g/mol. The van der Waals surface area contributed by atoms with Crippen molar-refractivity contribution in [3.63, 3.8) is 0 Å². The Morgan fingerprint density at radius 3 is 2.59 bits per heavy atom. The first-order chi connectivity index (χ1) is 10.6. The molecule has 0 aliphatic carbocycles. The maximum Gasteiger partial charge on any atom is 0.243 e. The lowest BCUT2D eigenvalue weighted by molar-refractivity contribution is 0.146. The molecule has 2 N–H and O–H groups in total. The van der Waals surface area contributed by atoms with Crippen LogP contribution < -0.4 is 10.5 Å². The van der Waals surface area contributed by atoms with Crippen LogP contribution in [0.4, 0.5) is 0 Å². The minimum Gasteiger partial charge on any atom is -0.491 e. The van der Waals surface area contributed by atoms with Crippen LogP contribution in [0.2, 0.25) is 0 Å². The second-order valence-electron chi connectivity index (χ2n) is 5.31. The lowest BCUT2D eigenvalue weighted by Crippen LogP contribution is -2.47. The Morgan fingerprint density at radius 1 is 1.23 bits per heavy atom. The lowest BCUT2D eigenvalue weighted by Gasteiger charge is -2.33. The molecule has 1 atom stereocenters. The molecule has 1 heterocycles. The maximum atomic E-state index is 12.7. The summed E-state index contributed by atoms with van der Waals surface area (Å²) in [6.07, 6.45) is 2.74. The van der Waals surface area contributed by atoms with Crippen LogP contribution in [-0.2, 0) is 14.8 Å². The molecule has 6 nitrogen and oxygen atoms in total. The monoisotopic (exact) mass is 328 g/mol. The number of piperidine rings is 1. The number of rotatable bonds is 7. The van der Waals surface area contributed by atoms with Crippen LogP contribution >= 0.6 is 0 Å². The van der Waals surface area contributed by atoms with Gasteiger partial charge in [0.1, 0.15) is 12.4 Å². The van der Waals surface area contributed by atoms with E-state index in [1.54, 1.807) is 31.4 Å². The molecule has 0 radical (unpaired) electrons. The van der Waals surface area contributed by atoms with Crippen molar-refractivity contribution in [1.82, 2.24) is 4.31 Å². The standard InChI is InChI=1S/C15H24N2O4S/c1-20-10-11-21-14-5-7-15(8-6-14)22(18,19)17-9-3-2-4-13(17)12-16/h5-8,13H,2-4,9-12,16H2,1H3. The van der Waals surface area contributed by atoms with Gasteiger partial charge >= 0.3 is 0 Å². The Hall–Kier alpha value is -1.15. The normalized spacial score (nSPS) is 20.0. The SMILES string of the molecule is COCCOc1ccc(S(=O)(=O)N2CCCCC2CN)cc1. The fourth-order valence-corrected chi connectivity index (χ4v) is 4.32. The summed E-state index contributed by atoms with van der Waals surface area (Å²) in [6, 6.07) is 6.41. The molecule has 0 aromatic heterocycles. The Kier molecular flexibility index (Phi) is 6.19. The summed E-state index contributed by atoms with van der Waals surface area (Å²) in [5, 5.41) is 0. The Bertz CT molecular complexity index is 559. The van der Waals surface area contributed by atoms with Gasteiger partial charge < -0.3 is 15.2 Å². The van der Waals surface area contributed by atoms with Gasteiger partial charge in [0, 0.05) is 26.2 Å². The third kappa shape index (κ3) is 3.98. The number of ether oxygens (including phenoxy) is 2. The summed E-state index contributed by atoms with van der Waals surface area (Å²) in [6.45, 7) is 1.82. The molecular formula is C15H24N2O4S. The number of nitrogens with zero attached hydrogens (tertiary/aromatic N) is 1. The molecule has 7 heteroatoms. The van der Waals surface area contributed by atoms with E-state index in [9.17, 15) is 8.42 Å². The third-order valence-electron chi connectivity index (χ3n) is 3.83. The minimum absolute atomic E-state index is 0.101. The van der Waals surface area contributed by atoms with E-state index in [-0.39, 0.29) is 10.9 Å². The highest BCUT2D eigenvalue weighted by atomic mass is 32.2. The first-order valence-corrected chi connectivity index (χ1v) is 8.97. The van der Waals surface area contributed by atoms with Gasteiger partial charge in [0.2, 0.25) is 10.0 Å². The van der Waals surface area contributed by atoms with E-state index in [2.05, 4.69) is 0 Å². The van der Waals surface area contributed by atoms with E-state index >= 15 is 0 Å². The summed E-state index contributed by atoms with van der Waals surface area (Å²) in [5.74, 6) is 0.630. The van der Waals surface area contributed by atoms with Crippen molar-refractivity contribution in [1.29, 1.82) is 0 Å². The van der Waals surface area contributed by atoms with Gasteiger partial charge in [-0.2, -0.15) is 4.31 Å². The zero-order chi connectivity index (χ0) is 16.0. The molecule has 2 rings (SSSR count). The van der Waals surface area contributed by atoms with Gasteiger partial charge in [0.25, 0.3) is 0 Å². The molecule has 22 heavy (non-hydrogen) atoms. The van der Waals surface area contributed by atoms with Gasteiger partial charge in [0.05, 0.1) is 11.5 Å². The van der Waals surface area contributed by atoms with Gasteiger partial charge in [-0.15, -0.1) is 0 Å². The molecule has 124 valence electrons. The largest absolute Gasteiger partial charge is 0.491 e. The molecule has 1 saturated heterocycles. The van der Waals surface area contributed by atoms with Crippen molar-refractivity contribution in [2.24, 2.45) is 5.73 Å². The number of sulfonamides is 1. The van der Waals surface area contributed by atoms with E-state index in [0.29, 0.717) is 32.1 Å². The molecule has 0 bridgehead atoms. The zero-order valence-electron chi connectivity index (χ0n) is 12.9. The number of hydrogen-bond donors (Lipinski definition) is 1. The fraction of sp³-hybridized carbons (Fsp3) is 0.600. The van der Waals surface area contributed by atoms with E-state index in [0.717, 1.165) is 19.3 Å². The molecule has 1 unspecified atom stereocenters. The van der Waals surface area contributed by atoms with Crippen LogP contribution in [0, 0.1) is 0 Å². The molecule has 0 amide bonds. The summed E-state index contributed by atoms with van der Waals surface area (Å²) >= 11 is 0. The smallest absolute Gasteiger partial charge is 0.243 e. The van der Waals surface area contributed by atoms with Crippen LogP contribution in [0.1, 0.15) is 19.3 Å². The lowest BCUT2D eigenvalue weighted by atomic mass is 10.1. The number of methoxy groups -OCH3 is 1. The van der Waals surface area contributed by atoms with Gasteiger partial charge in [-0.1, -0.05) is 6.42 Å². The molecule has 1 aromatic carbocycles. The highest BCUT2D eigenvalue weighted by Gasteiger charge is 2.32. The number of hydrogen-bond acceptors (Lipinski definition) is 5. The molecule has 1 aromatic rings. The van der Waals surface area contributed by atoms with E-state index in [1.165, 1.54) is 4.31 Å². The van der Waals surface area contributed by atoms with Crippen molar-refractivity contribution < 1.29 is 17.9 Å². The van der Waals surface area contributed by atoms with Crippen LogP contribution in [0.5, 0.6) is 5.75 Å². The average molecular weight is 328 g/mol. The Balaban J connectivity index is 2.11.